The molecule has 2 atom stereocenters. The summed E-state index contributed by atoms with van der Waals surface area (Å²) in [7, 11) is 1.63. The third-order valence-electron chi connectivity index (χ3n) is 4.24. The summed E-state index contributed by atoms with van der Waals surface area (Å²) in [6, 6.07) is 9.46. The van der Waals surface area contributed by atoms with Crippen molar-refractivity contribution in [3.05, 3.63) is 42.2 Å². The van der Waals surface area contributed by atoms with E-state index >= 15 is 0 Å². The van der Waals surface area contributed by atoms with Crippen LogP contribution in [0.4, 0.5) is 0 Å². The number of ether oxygens (including phenoxy) is 1. The normalized spacial score (nSPS) is 20.4. The Labute approximate surface area is 135 Å². The number of benzene rings is 1. The Bertz CT molecular complexity index is 666. The first-order valence-electron chi connectivity index (χ1n) is 7.82. The first-order valence-corrected chi connectivity index (χ1v) is 7.82. The number of carbonyl (C=O) groups is 1. The SMILES string of the molecule is COc1ccc(-n2ccc(CNC(=O)C3CCCC3O)n2)cc1. The van der Waals surface area contributed by atoms with Crippen LogP contribution in [0.15, 0.2) is 36.5 Å². The highest BCUT2D eigenvalue weighted by Crippen LogP contribution is 2.25. The molecule has 1 heterocycles. The molecule has 0 radical (unpaired) electrons. The maximum Gasteiger partial charge on any atom is 0.226 e. The minimum absolute atomic E-state index is 0.0889. The molecule has 1 fully saturated rings. The average molecular weight is 315 g/mol. The number of amides is 1. The lowest BCUT2D eigenvalue weighted by Crippen LogP contribution is -2.34. The molecule has 2 aromatic rings. The molecule has 2 unspecified atom stereocenters. The standard InChI is InChI=1S/C17H21N3O3/c1-23-14-7-5-13(6-8-14)20-10-9-12(19-20)11-18-17(22)15-3-2-4-16(15)21/h5-10,15-16,21H,2-4,11H2,1H3,(H,18,22). The van der Waals surface area contributed by atoms with Gasteiger partial charge in [-0.1, -0.05) is 0 Å². The van der Waals surface area contributed by atoms with Crippen LogP contribution in [0.25, 0.3) is 5.69 Å². The molecule has 2 N–H and O–H groups in total. The summed E-state index contributed by atoms with van der Waals surface area (Å²) in [4.78, 5) is 12.1. The van der Waals surface area contributed by atoms with Crippen LogP contribution in [0.3, 0.4) is 0 Å². The van der Waals surface area contributed by atoms with Gasteiger partial charge in [0.2, 0.25) is 5.91 Å². The van der Waals surface area contributed by atoms with Crippen molar-refractivity contribution < 1.29 is 14.6 Å². The Morgan fingerprint density at radius 3 is 2.78 bits per heavy atom. The first kappa shape index (κ1) is 15.6. The number of rotatable bonds is 5. The van der Waals surface area contributed by atoms with Gasteiger partial charge in [0.25, 0.3) is 0 Å². The van der Waals surface area contributed by atoms with E-state index in [-0.39, 0.29) is 11.8 Å². The van der Waals surface area contributed by atoms with Gasteiger partial charge < -0.3 is 15.2 Å². The maximum absolute atomic E-state index is 12.1. The predicted octanol–water partition coefficient (Wildman–Crippen LogP) is 1.66. The fourth-order valence-corrected chi connectivity index (χ4v) is 2.89. The van der Waals surface area contributed by atoms with E-state index in [1.165, 1.54) is 0 Å². The zero-order valence-corrected chi connectivity index (χ0v) is 13.1. The van der Waals surface area contributed by atoms with Gasteiger partial charge in [0, 0.05) is 6.20 Å². The van der Waals surface area contributed by atoms with Crippen LogP contribution in [0.2, 0.25) is 0 Å². The average Bonchev–Trinajstić information content (AvgIpc) is 3.22. The summed E-state index contributed by atoms with van der Waals surface area (Å²) >= 11 is 0. The second-order valence-corrected chi connectivity index (χ2v) is 5.77. The molecule has 0 spiro atoms. The minimum atomic E-state index is -0.508. The summed E-state index contributed by atoms with van der Waals surface area (Å²) in [6.07, 6.45) is 3.73. The first-order chi connectivity index (χ1) is 11.2. The van der Waals surface area contributed by atoms with Crippen LogP contribution < -0.4 is 10.1 Å². The molecule has 0 aliphatic heterocycles. The van der Waals surface area contributed by atoms with Gasteiger partial charge in [-0.2, -0.15) is 5.10 Å². The summed E-state index contributed by atoms with van der Waals surface area (Å²) in [6.45, 7) is 0.366. The van der Waals surface area contributed by atoms with Crippen LogP contribution >= 0.6 is 0 Å². The predicted molar refractivity (Wildman–Crippen MR) is 85.3 cm³/mol. The van der Waals surface area contributed by atoms with Crippen LogP contribution in [-0.2, 0) is 11.3 Å². The lowest BCUT2D eigenvalue weighted by molar-refractivity contribution is -0.127. The lowest BCUT2D eigenvalue weighted by Gasteiger charge is -2.13. The van der Waals surface area contributed by atoms with Crippen LogP contribution in [0.1, 0.15) is 25.0 Å². The highest BCUT2D eigenvalue weighted by atomic mass is 16.5. The van der Waals surface area contributed by atoms with Crippen molar-refractivity contribution in [2.24, 2.45) is 5.92 Å². The van der Waals surface area contributed by atoms with E-state index < -0.39 is 6.10 Å². The van der Waals surface area contributed by atoms with E-state index in [1.807, 2.05) is 36.5 Å². The Kier molecular flexibility index (Phi) is 4.62. The number of hydrogen-bond donors (Lipinski definition) is 2. The summed E-state index contributed by atoms with van der Waals surface area (Å²) in [5, 5.41) is 17.1. The molecule has 1 aromatic heterocycles. The van der Waals surface area contributed by atoms with Crippen LogP contribution in [-0.4, -0.2) is 34.0 Å². The van der Waals surface area contributed by atoms with Gasteiger partial charge in [-0.15, -0.1) is 0 Å². The zero-order chi connectivity index (χ0) is 16.2. The van der Waals surface area contributed by atoms with Crippen molar-refractivity contribution in [2.45, 2.75) is 31.9 Å². The summed E-state index contributed by atoms with van der Waals surface area (Å²) < 4.78 is 6.89. The van der Waals surface area contributed by atoms with Crippen molar-refractivity contribution in [1.29, 1.82) is 0 Å². The molecule has 6 heteroatoms. The van der Waals surface area contributed by atoms with Crippen molar-refractivity contribution >= 4 is 5.91 Å². The Morgan fingerprint density at radius 1 is 1.35 bits per heavy atom. The van der Waals surface area contributed by atoms with Gasteiger partial charge in [0.1, 0.15) is 5.75 Å². The van der Waals surface area contributed by atoms with E-state index in [1.54, 1.807) is 11.8 Å². The van der Waals surface area contributed by atoms with Crippen molar-refractivity contribution in [3.8, 4) is 11.4 Å². The van der Waals surface area contributed by atoms with E-state index in [0.717, 1.165) is 30.0 Å². The molecule has 1 aliphatic carbocycles. The van der Waals surface area contributed by atoms with Crippen molar-refractivity contribution in [3.63, 3.8) is 0 Å². The van der Waals surface area contributed by atoms with Crippen LogP contribution in [0.5, 0.6) is 5.75 Å². The molecule has 1 aromatic carbocycles. The molecule has 1 saturated carbocycles. The summed E-state index contributed by atoms with van der Waals surface area (Å²) in [5.74, 6) is 0.427. The highest BCUT2D eigenvalue weighted by Gasteiger charge is 2.31. The quantitative estimate of drug-likeness (QED) is 0.880. The van der Waals surface area contributed by atoms with Gasteiger partial charge in [-0.25, -0.2) is 4.68 Å². The molecule has 6 nitrogen and oxygen atoms in total. The van der Waals surface area contributed by atoms with Gasteiger partial charge >= 0.3 is 0 Å². The largest absolute Gasteiger partial charge is 0.497 e. The molecule has 0 saturated heterocycles. The molecule has 1 amide bonds. The van der Waals surface area contributed by atoms with E-state index in [9.17, 15) is 9.90 Å². The molecule has 0 bridgehead atoms. The minimum Gasteiger partial charge on any atom is -0.497 e. The monoisotopic (exact) mass is 315 g/mol. The lowest BCUT2D eigenvalue weighted by atomic mass is 10.1. The number of nitrogens with one attached hydrogen (secondary N) is 1. The van der Waals surface area contributed by atoms with E-state index in [0.29, 0.717) is 13.0 Å². The van der Waals surface area contributed by atoms with E-state index in [2.05, 4.69) is 10.4 Å². The molecular weight excluding hydrogens is 294 g/mol. The Morgan fingerprint density at radius 2 is 2.13 bits per heavy atom. The number of carbonyl (C=O) groups excluding carboxylic acids is 1. The maximum atomic E-state index is 12.1. The fourth-order valence-electron chi connectivity index (χ4n) is 2.89. The van der Waals surface area contributed by atoms with E-state index in [4.69, 9.17) is 4.74 Å². The topological polar surface area (TPSA) is 76.4 Å². The Balaban J connectivity index is 1.59. The molecule has 3 rings (SSSR count). The number of hydrogen-bond acceptors (Lipinski definition) is 4. The third kappa shape index (κ3) is 3.53. The second kappa shape index (κ2) is 6.83. The highest BCUT2D eigenvalue weighted by molar-refractivity contribution is 5.79. The summed E-state index contributed by atoms with van der Waals surface area (Å²) in [5.41, 5.74) is 1.70. The number of nitrogens with zero attached hydrogens (tertiary/aromatic N) is 2. The third-order valence-corrected chi connectivity index (χ3v) is 4.24. The molecule has 122 valence electrons. The molecule has 1 aliphatic rings. The smallest absolute Gasteiger partial charge is 0.226 e. The van der Waals surface area contributed by atoms with Gasteiger partial charge in [-0.3, -0.25) is 4.79 Å². The Hall–Kier alpha value is -2.34. The van der Waals surface area contributed by atoms with Gasteiger partial charge in [0.15, 0.2) is 0 Å². The number of aliphatic hydroxyl groups excluding tert-OH is 1. The van der Waals surface area contributed by atoms with Crippen molar-refractivity contribution in [2.75, 3.05) is 7.11 Å². The number of methoxy groups -OCH3 is 1. The number of aromatic nitrogens is 2. The molecule has 23 heavy (non-hydrogen) atoms. The van der Waals surface area contributed by atoms with Gasteiger partial charge in [0.05, 0.1) is 37.1 Å². The second-order valence-electron chi connectivity index (χ2n) is 5.77. The fraction of sp³-hybridized carbons (Fsp3) is 0.412. The van der Waals surface area contributed by atoms with Crippen LogP contribution in [0, 0.1) is 5.92 Å². The van der Waals surface area contributed by atoms with Crippen molar-refractivity contribution in [1.82, 2.24) is 15.1 Å². The zero-order valence-electron chi connectivity index (χ0n) is 13.1. The molecular formula is C17H21N3O3. The number of aliphatic hydroxyl groups is 1. The van der Waals surface area contributed by atoms with Gasteiger partial charge in [-0.05, 0) is 49.6 Å².